The second-order valence-corrected chi connectivity index (χ2v) is 6.81. The Morgan fingerprint density at radius 2 is 2.21 bits per heavy atom. The minimum atomic E-state index is 0.127. The van der Waals surface area contributed by atoms with E-state index in [-0.39, 0.29) is 11.9 Å². The molecule has 0 saturated carbocycles. The number of hydrogen-bond donors (Lipinski definition) is 2. The molecule has 2 N–H and O–H groups in total. The van der Waals surface area contributed by atoms with E-state index in [1.165, 1.54) is 0 Å². The predicted octanol–water partition coefficient (Wildman–Crippen LogP) is 0.245. The molecule has 3 rings (SSSR count). The molecule has 2 aliphatic heterocycles. The van der Waals surface area contributed by atoms with E-state index < -0.39 is 0 Å². The van der Waals surface area contributed by atoms with Crippen molar-refractivity contribution in [3.05, 3.63) is 18.6 Å². The Kier molecular flexibility index (Phi) is 5.98. The van der Waals surface area contributed by atoms with Crippen molar-refractivity contribution >= 4 is 11.7 Å². The number of nitrogens with zero attached hydrogens (tertiary/aromatic N) is 4. The second kappa shape index (κ2) is 8.39. The molecule has 1 aromatic rings. The Labute approximate surface area is 143 Å². The molecule has 3 heterocycles. The van der Waals surface area contributed by atoms with Crippen LogP contribution in [0, 0.1) is 0 Å². The van der Waals surface area contributed by atoms with Crippen LogP contribution in [-0.4, -0.2) is 72.6 Å². The highest BCUT2D eigenvalue weighted by Gasteiger charge is 2.24. The van der Waals surface area contributed by atoms with Crippen LogP contribution >= 0.6 is 0 Å². The van der Waals surface area contributed by atoms with Gasteiger partial charge in [0, 0.05) is 37.6 Å². The molecule has 24 heavy (non-hydrogen) atoms. The van der Waals surface area contributed by atoms with Crippen LogP contribution in [0.15, 0.2) is 18.6 Å². The minimum absolute atomic E-state index is 0.127. The standard InChI is InChI=1S/C17H28N6O/c1-22(15-4-6-18-7-5-15)13-17(24)21-14-3-2-10-23(12-14)16-11-19-8-9-20-16/h8-9,11,14-15,18H,2-7,10,12-13H2,1H3,(H,21,24)/t14-/m0/s1. The van der Waals surface area contributed by atoms with Crippen LogP contribution in [0.2, 0.25) is 0 Å². The summed E-state index contributed by atoms with van der Waals surface area (Å²) in [6.07, 6.45) is 9.51. The van der Waals surface area contributed by atoms with Gasteiger partial charge < -0.3 is 15.5 Å². The van der Waals surface area contributed by atoms with Crippen LogP contribution in [-0.2, 0) is 4.79 Å². The van der Waals surface area contributed by atoms with E-state index in [0.717, 1.165) is 57.7 Å². The quantitative estimate of drug-likeness (QED) is 0.805. The number of nitrogens with one attached hydrogen (secondary N) is 2. The van der Waals surface area contributed by atoms with Gasteiger partial charge in [0.2, 0.25) is 5.91 Å². The Morgan fingerprint density at radius 3 is 2.96 bits per heavy atom. The van der Waals surface area contributed by atoms with Crippen molar-refractivity contribution in [2.45, 2.75) is 37.8 Å². The largest absolute Gasteiger partial charge is 0.353 e. The highest BCUT2D eigenvalue weighted by atomic mass is 16.2. The number of hydrogen-bond acceptors (Lipinski definition) is 6. The van der Waals surface area contributed by atoms with Gasteiger partial charge in [-0.15, -0.1) is 0 Å². The molecule has 0 unspecified atom stereocenters. The molecule has 0 spiro atoms. The van der Waals surface area contributed by atoms with Crippen molar-refractivity contribution in [3.63, 3.8) is 0 Å². The number of amides is 1. The maximum Gasteiger partial charge on any atom is 0.234 e. The molecule has 0 radical (unpaired) electrons. The lowest BCUT2D eigenvalue weighted by molar-refractivity contribution is -0.123. The van der Waals surface area contributed by atoms with Crippen LogP contribution < -0.4 is 15.5 Å². The van der Waals surface area contributed by atoms with Gasteiger partial charge in [0.25, 0.3) is 0 Å². The summed E-state index contributed by atoms with van der Waals surface area (Å²) in [5.74, 6) is 1.02. The third-order valence-electron chi connectivity index (χ3n) is 4.99. The monoisotopic (exact) mass is 332 g/mol. The normalized spacial score (nSPS) is 22.6. The van der Waals surface area contributed by atoms with E-state index in [4.69, 9.17) is 0 Å². The Hall–Kier alpha value is -1.73. The topological polar surface area (TPSA) is 73.4 Å². The molecule has 7 heteroatoms. The number of carbonyl (C=O) groups is 1. The fourth-order valence-corrected chi connectivity index (χ4v) is 3.63. The number of aromatic nitrogens is 2. The number of rotatable bonds is 5. The predicted molar refractivity (Wildman–Crippen MR) is 93.9 cm³/mol. The van der Waals surface area contributed by atoms with Crippen LogP contribution in [0.3, 0.4) is 0 Å². The number of carbonyl (C=O) groups excluding carboxylic acids is 1. The first-order valence-corrected chi connectivity index (χ1v) is 8.93. The maximum absolute atomic E-state index is 12.4. The molecule has 132 valence electrons. The highest BCUT2D eigenvalue weighted by molar-refractivity contribution is 5.78. The lowest BCUT2D eigenvalue weighted by Gasteiger charge is -2.35. The third kappa shape index (κ3) is 4.64. The zero-order chi connectivity index (χ0) is 16.8. The number of likely N-dealkylation sites (N-methyl/N-ethyl adjacent to an activating group) is 1. The van der Waals surface area contributed by atoms with E-state index in [0.29, 0.717) is 12.6 Å². The van der Waals surface area contributed by atoms with E-state index >= 15 is 0 Å². The van der Waals surface area contributed by atoms with Crippen LogP contribution in [0.1, 0.15) is 25.7 Å². The molecule has 2 aliphatic rings. The van der Waals surface area contributed by atoms with E-state index in [2.05, 4.69) is 37.4 Å². The van der Waals surface area contributed by atoms with Crippen LogP contribution in [0.25, 0.3) is 0 Å². The van der Waals surface area contributed by atoms with Gasteiger partial charge in [0.1, 0.15) is 5.82 Å². The summed E-state index contributed by atoms with van der Waals surface area (Å²) in [5.41, 5.74) is 0. The Morgan fingerprint density at radius 1 is 1.38 bits per heavy atom. The SMILES string of the molecule is CN(CC(=O)N[C@H]1CCCN(c2cnccn2)C1)C1CCNCC1. The molecule has 7 nitrogen and oxygen atoms in total. The summed E-state index contributed by atoms with van der Waals surface area (Å²) in [6, 6.07) is 0.703. The van der Waals surface area contributed by atoms with Gasteiger partial charge in [0.15, 0.2) is 0 Å². The van der Waals surface area contributed by atoms with Crippen LogP contribution in [0.5, 0.6) is 0 Å². The summed E-state index contributed by atoms with van der Waals surface area (Å²) in [7, 11) is 2.06. The van der Waals surface area contributed by atoms with E-state index in [1.54, 1.807) is 18.6 Å². The van der Waals surface area contributed by atoms with Gasteiger partial charge in [-0.1, -0.05) is 0 Å². The molecule has 1 aromatic heterocycles. The Bertz CT molecular complexity index is 519. The molecule has 0 aliphatic carbocycles. The molecule has 1 amide bonds. The van der Waals surface area contributed by atoms with Crippen molar-refractivity contribution in [1.82, 2.24) is 25.5 Å². The first-order valence-electron chi connectivity index (χ1n) is 8.93. The summed E-state index contributed by atoms with van der Waals surface area (Å²) >= 11 is 0. The summed E-state index contributed by atoms with van der Waals surface area (Å²) in [4.78, 5) is 25.3. The van der Waals surface area contributed by atoms with Gasteiger partial charge in [-0.05, 0) is 45.8 Å². The third-order valence-corrected chi connectivity index (χ3v) is 4.99. The van der Waals surface area contributed by atoms with Gasteiger partial charge in [-0.2, -0.15) is 0 Å². The smallest absolute Gasteiger partial charge is 0.234 e. The summed E-state index contributed by atoms with van der Waals surface area (Å²) in [5, 5.41) is 6.57. The zero-order valence-corrected chi connectivity index (χ0v) is 14.4. The average molecular weight is 332 g/mol. The van der Waals surface area contributed by atoms with Gasteiger partial charge >= 0.3 is 0 Å². The maximum atomic E-state index is 12.4. The van der Waals surface area contributed by atoms with E-state index in [9.17, 15) is 4.79 Å². The fourth-order valence-electron chi connectivity index (χ4n) is 3.63. The number of piperidine rings is 2. The van der Waals surface area contributed by atoms with Gasteiger partial charge in [-0.25, -0.2) is 4.98 Å². The first kappa shape index (κ1) is 17.1. The minimum Gasteiger partial charge on any atom is -0.353 e. The molecule has 0 bridgehead atoms. The Balaban J connectivity index is 1.47. The van der Waals surface area contributed by atoms with Crippen LogP contribution in [0.4, 0.5) is 5.82 Å². The van der Waals surface area contributed by atoms with Gasteiger partial charge in [-0.3, -0.25) is 14.7 Å². The van der Waals surface area contributed by atoms with Crippen molar-refractivity contribution in [2.24, 2.45) is 0 Å². The molecular weight excluding hydrogens is 304 g/mol. The van der Waals surface area contributed by atoms with Gasteiger partial charge in [0.05, 0.1) is 12.7 Å². The molecule has 2 saturated heterocycles. The van der Waals surface area contributed by atoms with Crippen molar-refractivity contribution in [1.29, 1.82) is 0 Å². The average Bonchev–Trinajstić information content (AvgIpc) is 2.63. The lowest BCUT2D eigenvalue weighted by Crippen LogP contribution is -2.51. The molecule has 1 atom stereocenters. The summed E-state index contributed by atoms with van der Waals surface area (Å²) in [6.45, 7) is 4.35. The highest BCUT2D eigenvalue weighted by Crippen LogP contribution is 2.16. The fraction of sp³-hybridized carbons (Fsp3) is 0.706. The molecule has 0 aromatic carbocycles. The van der Waals surface area contributed by atoms with E-state index in [1.807, 2.05) is 0 Å². The molecular formula is C17H28N6O. The summed E-state index contributed by atoms with van der Waals surface area (Å²) < 4.78 is 0. The lowest BCUT2D eigenvalue weighted by atomic mass is 10.0. The number of anilines is 1. The molecule has 2 fully saturated rings. The van der Waals surface area contributed by atoms with Crippen molar-refractivity contribution < 1.29 is 4.79 Å². The zero-order valence-electron chi connectivity index (χ0n) is 14.4. The first-order chi connectivity index (χ1) is 11.7. The van der Waals surface area contributed by atoms with Crippen molar-refractivity contribution in [3.8, 4) is 0 Å². The van der Waals surface area contributed by atoms with Crippen molar-refractivity contribution in [2.75, 3.05) is 44.7 Å². The second-order valence-electron chi connectivity index (χ2n) is 6.81.